The molecule has 0 aliphatic carbocycles. The number of benzene rings is 7. The van der Waals surface area contributed by atoms with Crippen LogP contribution in [0, 0.1) is 0 Å². The predicted molar refractivity (Wildman–Crippen MR) is 187 cm³/mol. The summed E-state index contributed by atoms with van der Waals surface area (Å²) in [6, 6.07) is 49.6. The van der Waals surface area contributed by atoms with Gasteiger partial charge in [-0.05, 0) is 65.4 Å². The van der Waals surface area contributed by atoms with Crippen LogP contribution in [0.4, 0.5) is 0 Å². The summed E-state index contributed by atoms with van der Waals surface area (Å²) in [5, 5.41) is 9.22. The third kappa shape index (κ3) is 3.06. The quantitative estimate of drug-likeness (QED) is 0.202. The summed E-state index contributed by atoms with van der Waals surface area (Å²) < 4.78 is 17.3. The van der Waals surface area contributed by atoms with Crippen molar-refractivity contribution in [1.29, 1.82) is 0 Å². The number of rotatable bonds is 2. The Balaban J connectivity index is 1.25. The van der Waals surface area contributed by atoms with Gasteiger partial charge in [0.1, 0.15) is 16.7 Å². The molecular formula is C41H23N3O2. The molecule has 214 valence electrons. The largest absolute Gasteiger partial charge is 0.456 e. The average Bonchev–Trinajstić information content (AvgIpc) is 3.86. The van der Waals surface area contributed by atoms with Gasteiger partial charge in [0.2, 0.25) is 0 Å². The van der Waals surface area contributed by atoms with E-state index in [0.717, 1.165) is 55.1 Å². The van der Waals surface area contributed by atoms with Crippen molar-refractivity contribution >= 4 is 87.4 Å². The highest BCUT2D eigenvalue weighted by Gasteiger charge is 2.22. The second-order valence-corrected chi connectivity index (χ2v) is 12.0. The molecule has 0 saturated carbocycles. The number of hydrogen-bond donors (Lipinski definition) is 0. The minimum atomic E-state index is 0.535. The second kappa shape index (κ2) is 8.65. The Morgan fingerprint density at radius 2 is 1.07 bits per heavy atom. The second-order valence-electron chi connectivity index (χ2n) is 12.0. The Kier molecular flexibility index (Phi) is 4.52. The first-order valence-electron chi connectivity index (χ1n) is 15.5. The van der Waals surface area contributed by atoms with Crippen molar-refractivity contribution in [3.05, 3.63) is 140 Å². The van der Waals surface area contributed by atoms with Gasteiger partial charge in [-0.15, -0.1) is 0 Å². The zero-order valence-corrected chi connectivity index (χ0v) is 24.4. The third-order valence-corrected chi connectivity index (χ3v) is 9.56. The van der Waals surface area contributed by atoms with Crippen LogP contribution in [0.25, 0.3) is 99.1 Å². The van der Waals surface area contributed by atoms with Crippen molar-refractivity contribution in [2.24, 2.45) is 0 Å². The van der Waals surface area contributed by atoms with Gasteiger partial charge in [-0.25, -0.2) is 0 Å². The van der Waals surface area contributed by atoms with E-state index in [9.17, 15) is 0 Å². The molecule has 4 aromatic heterocycles. The number of para-hydroxylation sites is 3. The molecule has 5 nitrogen and oxygen atoms in total. The topological polar surface area (TPSA) is 49.0 Å². The third-order valence-electron chi connectivity index (χ3n) is 9.56. The van der Waals surface area contributed by atoms with E-state index >= 15 is 0 Å². The molecule has 0 N–H and O–H groups in total. The van der Waals surface area contributed by atoms with Crippen LogP contribution in [0.3, 0.4) is 0 Å². The number of hydrogen-bond acceptors (Lipinski definition) is 3. The lowest BCUT2D eigenvalue weighted by Crippen LogP contribution is -1.96. The zero-order valence-electron chi connectivity index (χ0n) is 24.4. The summed E-state index contributed by atoms with van der Waals surface area (Å²) in [5.74, 6) is 0. The fraction of sp³-hybridized carbons (Fsp3) is 0. The van der Waals surface area contributed by atoms with Crippen LogP contribution in [0.2, 0.25) is 0 Å². The maximum absolute atomic E-state index is 6.59. The fourth-order valence-corrected chi connectivity index (χ4v) is 7.61. The molecule has 0 bridgehead atoms. The van der Waals surface area contributed by atoms with Crippen LogP contribution >= 0.6 is 0 Å². The molecular weight excluding hydrogens is 566 g/mol. The van der Waals surface area contributed by atoms with E-state index in [1.54, 1.807) is 0 Å². The fourth-order valence-electron chi connectivity index (χ4n) is 7.61. The van der Waals surface area contributed by atoms with Crippen LogP contribution in [0.5, 0.6) is 0 Å². The zero-order chi connectivity index (χ0) is 29.9. The maximum Gasteiger partial charge on any atom is 0.307 e. The molecule has 11 rings (SSSR count). The number of oxazole rings is 1. The van der Waals surface area contributed by atoms with Gasteiger partial charge in [0.15, 0.2) is 5.58 Å². The summed E-state index contributed by atoms with van der Waals surface area (Å²) in [6.45, 7) is 0. The molecule has 0 amide bonds. The van der Waals surface area contributed by atoms with E-state index in [1.165, 1.54) is 38.0 Å². The molecule has 0 fully saturated rings. The lowest BCUT2D eigenvalue weighted by Gasteiger charge is -2.09. The molecule has 0 unspecified atom stereocenters. The predicted octanol–water partition coefficient (Wildman–Crippen LogP) is 11.1. The number of nitrogens with zero attached hydrogens (tertiary/aromatic N) is 3. The summed E-state index contributed by atoms with van der Waals surface area (Å²) in [6.07, 6.45) is 0. The highest BCUT2D eigenvalue weighted by Crippen LogP contribution is 2.41. The molecule has 4 heterocycles. The summed E-state index contributed by atoms with van der Waals surface area (Å²) in [7, 11) is 0. The highest BCUT2D eigenvalue weighted by molar-refractivity contribution is 6.22. The van der Waals surface area contributed by atoms with E-state index in [1.807, 2.05) is 30.3 Å². The molecule has 0 aliphatic heterocycles. The van der Waals surface area contributed by atoms with Gasteiger partial charge in [-0.3, -0.25) is 4.57 Å². The normalized spacial score (nSPS) is 12.3. The Morgan fingerprint density at radius 1 is 0.413 bits per heavy atom. The van der Waals surface area contributed by atoms with Crippen molar-refractivity contribution in [1.82, 2.24) is 14.1 Å². The van der Waals surface area contributed by atoms with Crippen molar-refractivity contribution in [2.45, 2.75) is 0 Å². The van der Waals surface area contributed by atoms with E-state index in [4.69, 9.17) is 13.8 Å². The lowest BCUT2D eigenvalue weighted by atomic mass is 10.0. The molecule has 0 spiro atoms. The van der Waals surface area contributed by atoms with Gasteiger partial charge in [0.05, 0.1) is 27.5 Å². The average molecular weight is 590 g/mol. The summed E-state index contributed by atoms with van der Waals surface area (Å²) in [4.78, 5) is 5.17. The van der Waals surface area contributed by atoms with Gasteiger partial charge in [0.25, 0.3) is 0 Å². The Labute approximate surface area is 261 Å². The summed E-state index contributed by atoms with van der Waals surface area (Å²) in [5.41, 5.74) is 8.75. The smallest absolute Gasteiger partial charge is 0.307 e. The van der Waals surface area contributed by atoms with Crippen molar-refractivity contribution in [2.75, 3.05) is 0 Å². The van der Waals surface area contributed by atoms with Gasteiger partial charge in [-0.2, -0.15) is 4.98 Å². The minimum Gasteiger partial charge on any atom is -0.456 e. The van der Waals surface area contributed by atoms with Crippen LogP contribution < -0.4 is 0 Å². The molecule has 0 saturated heterocycles. The van der Waals surface area contributed by atoms with E-state index in [-0.39, 0.29) is 0 Å². The van der Waals surface area contributed by atoms with Gasteiger partial charge in [0, 0.05) is 32.6 Å². The molecule has 5 heteroatoms. The number of furan rings is 1. The van der Waals surface area contributed by atoms with Crippen molar-refractivity contribution in [3.8, 4) is 11.7 Å². The van der Waals surface area contributed by atoms with Crippen LogP contribution in [-0.2, 0) is 0 Å². The van der Waals surface area contributed by atoms with E-state index in [0.29, 0.717) is 6.01 Å². The number of aromatic nitrogens is 3. The first-order valence-corrected chi connectivity index (χ1v) is 15.5. The Hall–Kier alpha value is -6.33. The Morgan fingerprint density at radius 3 is 1.89 bits per heavy atom. The van der Waals surface area contributed by atoms with Gasteiger partial charge < -0.3 is 13.4 Å². The van der Waals surface area contributed by atoms with Gasteiger partial charge in [-0.1, -0.05) is 84.9 Å². The molecule has 11 aromatic rings. The monoisotopic (exact) mass is 589 g/mol. The molecule has 0 atom stereocenters. The number of fused-ring (bicyclic) bond motifs is 13. The molecule has 0 aliphatic rings. The molecule has 7 aromatic carbocycles. The minimum absolute atomic E-state index is 0.535. The SMILES string of the molecule is c1ccc2c(c1)ccc1c2c2cc(-n3c4ccccc4c4ccccc43)ccc2n1-c1nc2c(ccc3oc4ccccc4c32)o1. The van der Waals surface area contributed by atoms with Crippen LogP contribution in [0.1, 0.15) is 0 Å². The highest BCUT2D eigenvalue weighted by atomic mass is 16.4. The van der Waals surface area contributed by atoms with Gasteiger partial charge >= 0.3 is 6.01 Å². The lowest BCUT2D eigenvalue weighted by molar-refractivity contribution is 0.574. The van der Waals surface area contributed by atoms with Crippen molar-refractivity contribution < 1.29 is 8.83 Å². The van der Waals surface area contributed by atoms with E-state index < -0.39 is 0 Å². The molecule has 46 heavy (non-hydrogen) atoms. The first kappa shape index (κ1) is 24.0. The summed E-state index contributed by atoms with van der Waals surface area (Å²) >= 11 is 0. The van der Waals surface area contributed by atoms with Crippen LogP contribution in [-0.4, -0.2) is 14.1 Å². The molecule has 0 radical (unpaired) electrons. The first-order chi connectivity index (χ1) is 22.8. The van der Waals surface area contributed by atoms with Crippen molar-refractivity contribution in [3.63, 3.8) is 0 Å². The maximum atomic E-state index is 6.59. The van der Waals surface area contributed by atoms with E-state index in [2.05, 4.69) is 118 Å². The standard InChI is InChI=1S/C41H23N3O2/c1-2-10-26-24(9-1)17-19-34-38(26)30-23-25(43-31-14-6-3-11-27(31)28-12-4-7-15-32(28)43)18-20-33(30)44(34)41-42-40-37(46-41)22-21-36-39(40)29-13-5-8-16-35(29)45-36/h1-23H. The van der Waals surface area contributed by atoms with Crippen LogP contribution in [0.15, 0.2) is 148 Å². The Bertz CT molecular complexity index is 2990.